The molecule has 21 heavy (non-hydrogen) atoms. The molecular weight excluding hydrogens is 417 g/mol. The van der Waals surface area contributed by atoms with E-state index in [2.05, 4.69) is 44.1 Å². The summed E-state index contributed by atoms with van der Waals surface area (Å²) >= 11 is 13.2. The summed E-state index contributed by atoms with van der Waals surface area (Å²) in [5, 5.41) is 4.05. The molecule has 0 heterocycles. The van der Waals surface area contributed by atoms with Crippen LogP contribution in [-0.4, -0.2) is 6.54 Å². The molecule has 0 saturated heterocycles. The molecule has 2 aromatic carbocycles. The van der Waals surface area contributed by atoms with Gasteiger partial charge in [0.15, 0.2) is 0 Å². The van der Waals surface area contributed by atoms with E-state index in [9.17, 15) is 0 Å². The average Bonchev–Trinajstić information content (AvgIpc) is 2.44. The quantitative estimate of drug-likeness (QED) is 0.551. The first kappa shape index (κ1) is 16.8. The molecule has 112 valence electrons. The van der Waals surface area contributed by atoms with E-state index in [0.29, 0.717) is 5.02 Å². The second-order valence-electron chi connectivity index (χ2n) is 4.61. The predicted octanol–water partition coefficient (Wildman–Crippen LogP) is 6.16. The van der Waals surface area contributed by atoms with Crippen LogP contribution in [0.3, 0.4) is 0 Å². The molecule has 5 heteroatoms. The van der Waals surface area contributed by atoms with Crippen LogP contribution in [0.15, 0.2) is 45.3 Å². The van der Waals surface area contributed by atoms with Crippen LogP contribution < -0.4 is 10.1 Å². The third-order valence-corrected chi connectivity index (χ3v) is 4.35. The van der Waals surface area contributed by atoms with Crippen molar-refractivity contribution in [3.05, 3.63) is 55.9 Å². The van der Waals surface area contributed by atoms with E-state index in [0.717, 1.165) is 45.5 Å². The molecule has 0 radical (unpaired) electrons. The fraction of sp³-hybridized carbons (Fsp3) is 0.250. The number of hydrogen-bond acceptors (Lipinski definition) is 2. The van der Waals surface area contributed by atoms with Crippen LogP contribution in [-0.2, 0) is 6.54 Å². The molecule has 2 nitrogen and oxygen atoms in total. The van der Waals surface area contributed by atoms with Gasteiger partial charge in [-0.3, -0.25) is 0 Å². The zero-order chi connectivity index (χ0) is 15.2. The van der Waals surface area contributed by atoms with E-state index < -0.39 is 0 Å². The lowest BCUT2D eigenvalue weighted by Crippen LogP contribution is -2.13. The highest BCUT2D eigenvalue weighted by Gasteiger charge is 2.06. The van der Waals surface area contributed by atoms with Crippen molar-refractivity contribution in [2.75, 3.05) is 6.54 Å². The fourth-order valence-corrected chi connectivity index (χ4v) is 3.19. The monoisotopic (exact) mass is 431 g/mol. The summed E-state index contributed by atoms with van der Waals surface area (Å²) in [6.45, 7) is 3.90. The molecule has 2 rings (SSSR count). The molecular formula is C16H16Br2ClNO. The summed E-state index contributed by atoms with van der Waals surface area (Å²) in [5.41, 5.74) is 1.08. The van der Waals surface area contributed by atoms with Gasteiger partial charge < -0.3 is 10.1 Å². The van der Waals surface area contributed by atoms with Gasteiger partial charge in [0.05, 0.1) is 4.47 Å². The Hall–Kier alpha value is -0.550. The third-order valence-electron chi connectivity index (χ3n) is 2.89. The maximum Gasteiger partial charge on any atom is 0.141 e. The van der Waals surface area contributed by atoms with Crippen molar-refractivity contribution in [2.24, 2.45) is 0 Å². The molecule has 1 N–H and O–H groups in total. The molecule has 0 aliphatic rings. The first-order chi connectivity index (χ1) is 10.1. The van der Waals surface area contributed by atoms with Crippen molar-refractivity contribution in [3.63, 3.8) is 0 Å². The number of rotatable bonds is 6. The van der Waals surface area contributed by atoms with Gasteiger partial charge in [0.25, 0.3) is 0 Å². The lowest BCUT2D eigenvalue weighted by Gasteiger charge is -2.11. The molecule has 0 saturated carbocycles. The van der Waals surface area contributed by atoms with Crippen molar-refractivity contribution in [3.8, 4) is 11.5 Å². The van der Waals surface area contributed by atoms with Crippen molar-refractivity contribution in [1.29, 1.82) is 0 Å². The Balaban J connectivity index is 2.09. The Morgan fingerprint density at radius 3 is 2.62 bits per heavy atom. The normalized spacial score (nSPS) is 10.7. The molecule has 0 amide bonds. The van der Waals surface area contributed by atoms with Crippen molar-refractivity contribution >= 4 is 43.5 Å². The fourth-order valence-electron chi connectivity index (χ4n) is 1.82. The smallest absolute Gasteiger partial charge is 0.141 e. The molecule has 0 atom stereocenters. The van der Waals surface area contributed by atoms with Crippen LogP contribution in [0, 0.1) is 0 Å². The summed E-state index contributed by atoms with van der Waals surface area (Å²) < 4.78 is 7.74. The minimum Gasteiger partial charge on any atom is -0.456 e. The Bertz CT molecular complexity index is 619. The molecule has 0 spiro atoms. The number of halogens is 3. The van der Waals surface area contributed by atoms with Gasteiger partial charge in [0.1, 0.15) is 11.5 Å². The van der Waals surface area contributed by atoms with Crippen LogP contribution in [0.1, 0.15) is 18.9 Å². The highest BCUT2D eigenvalue weighted by molar-refractivity contribution is 9.11. The van der Waals surface area contributed by atoms with E-state index in [1.165, 1.54) is 0 Å². The number of ether oxygens (including phenoxy) is 1. The largest absolute Gasteiger partial charge is 0.456 e. The lowest BCUT2D eigenvalue weighted by molar-refractivity contribution is 0.479. The van der Waals surface area contributed by atoms with Crippen molar-refractivity contribution in [2.45, 2.75) is 19.9 Å². The Morgan fingerprint density at radius 2 is 1.95 bits per heavy atom. The molecule has 0 unspecified atom stereocenters. The van der Waals surface area contributed by atoms with Gasteiger partial charge in [-0.1, -0.05) is 40.5 Å². The van der Waals surface area contributed by atoms with Gasteiger partial charge in [-0.2, -0.15) is 0 Å². The van der Waals surface area contributed by atoms with Crippen LogP contribution in [0.4, 0.5) is 0 Å². The standard InChI is InChI=1S/C16H16Br2ClNO/c1-2-7-20-10-11-3-5-13(9-15(11)19)21-16-6-4-12(17)8-14(16)18/h3-6,8-9,20H,2,7,10H2,1H3. The maximum absolute atomic E-state index is 6.30. The van der Waals surface area contributed by atoms with Crippen molar-refractivity contribution < 1.29 is 4.74 Å². The summed E-state index contributed by atoms with van der Waals surface area (Å²) in [6.07, 6.45) is 1.11. The van der Waals surface area contributed by atoms with Crippen LogP contribution >= 0.6 is 43.5 Å². The second kappa shape index (κ2) is 8.18. The lowest BCUT2D eigenvalue weighted by atomic mass is 10.2. The molecule has 0 aliphatic heterocycles. The maximum atomic E-state index is 6.30. The SMILES string of the molecule is CCCNCc1ccc(Oc2ccc(Br)cc2Br)cc1Cl. The van der Waals surface area contributed by atoms with Crippen LogP contribution in [0.25, 0.3) is 0 Å². The summed E-state index contributed by atoms with van der Waals surface area (Å²) in [5.74, 6) is 1.48. The molecule has 0 aliphatic carbocycles. The van der Waals surface area contributed by atoms with E-state index in [4.69, 9.17) is 16.3 Å². The zero-order valence-electron chi connectivity index (χ0n) is 11.6. The van der Waals surface area contributed by atoms with Crippen molar-refractivity contribution in [1.82, 2.24) is 5.32 Å². The topological polar surface area (TPSA) is 21.3 Å². The van der Waals surface area contributed by atoms with Gasteiger partial charge in [0.2, 0.25) is 0 Å². The van der Waals surface area contributed by atoms with E-state index in [1.807, 2.05) is 36.4 Å². The van der Waals surface area contributed by atoms with Crippen LogP contribution in [0.5, 0.6) is 11.5 Å². The molecule has 2 aromatic rings. The first-order valence-corrected chi connectivity index (χ1v) is 8.68. The summed E-state index contributed by atoms with van der Waals surface area (Å²) in [6, 6.07) is 11.6. The summed E-state index contributed by atoms with van der Waals surface area (Å²) in [4.78, 5) is 0. The molecule has 0 aromatic heterocycles. The third kappa shape index (κ3) is 4.99. The second-order valence-corrected chi connectivity index (χ2v) is 6.78. The van der Waals surface area contributed by atoms with E-state index in [1.54, 1.807) is 0 Å². The van der Waals surface area contributed by atoms with Gasteiger partial charge in [-0.25, -0.2) is 0 Å². The minimum atomic E-state index is 0.712. The highest BCUT2D eigenvalue weighted by Crippen LogP contribution is 2.33. The highest BCUT2D eigenvalue weighted by atomic mass is 79.9. The van der Waals surface area contributed by atoms with Gasteiger partial charge >= 0.3 is 0 Å². The summed E-state index contributed by atoms with van der Waals surface area (Å²) in [7, 11) is 0. The molecule has 0 bridgehead atoms. The van der Waals surface area contributed by atoms with E-state index >= 15 is 0 Å². The number of nitrogens with one attached hydrogen (secondary N) is 1. The Kier molecular flexibility index (Phi) is 6.55. The zero-order valence-corrected chi connectivity index (χ0v) is 15.6. The molecule has 0 fully saturated rings. The van der Waals surface area contributed by atoms with Crippen LogP contribution in [0.2, 0.25) is 5.02 Å². The van der Waals surface area contributed by atoms with Gasteiger partial charge in [0, 0.05) is 16.0 Å². The first-order valence-electron chi connectivity index (χ1n) is 6.72. The minimum absolute atomic E-state index is 0.712. The predicted molar refractivity (Wildman–Crippen MR) is 95.4 cm³/mol. The van der Waals surface area contributed by atoms with Gasteiger partial charge in [-0.15, -0.1) is 0 Å². The van der Waals surface area contributed by atoms with Gasteiger partial charge in [-0.05, 0) is 64.8 Å². The Labute approximate surface area is 147 Å². The number of hydrogen-bond donors (Lipinski definition) is 1. The Morgan fingerprint density at radius 1 is 1.14 bits per heavy atom. The average molecular weight is 434 g/mol. The van der Waals surface area contributed by atoms with E-state index in [-0.39, 0.29) is 0 Å². The number of benzene rings is 2.